The lowest BCUT2D eigenvalue weighted by Crippen LogP contribution is -2.29. The van der Waals surface area contributed by atoms with Crippen molar-refractivity contribution < 1.29 is 23.5 Å². The van der Waals surface area contributed by atoms with Crippen molar-refractivity contribution in [2.24, 2.45) is 0 Å². The van der Waals surface area contributed by atoms with Crippen molar-refractivity contribution in [3.05, 3.63) is 115 Å². The van der Waals surface area contributed by atoms with Gasteiger partial charge < -0.3 is 13.9 Å². The number of rotatable bonds is 7. The fourth-order valence-corrected chi connectivity index (χ4v) is 6.25. The molecule has 3 aromatic carbocycles. The Hall–Kier alpha value is -4.76. The first-order valence-electron chi connectivity index (χ1n) is 13.4. The van der Waals surface area contributed by atoms with E-state index in [4.69, 9.17) is 13.9 Å². The number of hydrogen-bond acceptors (Lipinski definition) is 8. The van der Waals surface area contributed by atoms with Crippen molar-refractivity contribution in [3.63, 3.8) is 0 Å². The van der Waals surface area contributed by atoms with E-state index in [1.807, 2.05) is 44.2 Å². The molecule has 2 aromatic heterocycles. The summed E-state index contributed by atoms with van der Waals surface area (Å²) in [7, 11) is 1.54. The number of methoxy groups -OCH3 is 1. The highest BCUT2D eigenvalue weighted by Crippen LogP contribution is 2.45. The third-order valence-electron chi connectivity index (χ3n) is 7.54. The Bertz CT molecular complexity index is 1940. The normalized spacial score (nSPS) is 14.4. The predicted molar refractivity (Wildman–Crippen MR) is 161 cm³/mol. The van der Waals surface area contributed by atoms with Gasteiger partial charge in [0.2, 0.25) is 5.76 Å². The minimum Gasteiger partial charge on any atom is -0.493 e. The predicted octanol–water partition coefficient (Wildman–Crippen LogP) is 6.71. The van der Waals surface area contributed by atoms with Gasteiger partial charge in [-0.3, -0.25) is 19.3 Å². The van der Waals surface area contributed by atoms with Crippen LogP contribution < -0.4 is 19.8 Å². The van der Waals surface area contributed by atoms with E-state index >= 15 is 0 Å². The van der Waals surface area contributed by atoms with Gasteiger partial charge in [-0.2, -0.15) is 0 Å². The molecule has 0 N–H and O–H groups in total. The molecule has 0 aliphatic carbocycles. The fourth-order valence-electron chi connectivity index (χ4n) is 5.26. The lowest BCUT2D eigenvalue weighted by Gasteiger charge is -2.23. The van der Waals surface area contributed by atoms with Crippen molar-refractivity contribution in [1.82, 2.24) is 4.98 Å². The van der Waals surface area contributed by atoms with Crippen LogP contribution in [0.2, 0.25) is 0 Å². The van der Waals surface area contributed by atoms with Crippen LogP contribution in [0.4, 0.5) is 5.13 Å². The monoisotopic (exact) mass is 580 g/mol. The number of amides is 1. The van der Waals surface area contributed by atoms with Crippen molar-refractivity contribution in [2.45, 2.75) is 40.3 Å². The van der Waals surface area contributed by atoms with Gasteiger partial charge in [-0.1, -0.05) is 47.7 Å². The molecule has 1 unspecified atom stereocenters. The van der Waals surface area contributed by atoms with Gasteiger partial charge in [-0.25, -0.2) is 4.98 Å². The number of nitrogens with zero attached hydrogens (tertiary/aromatic N) is 2. The molecule has 1 aliphatic rings. The summed E-state index contributed by atoms with van der Waals surface area (Å²) < 4.78 is 17.9. The summed E-state index contributed by atoms with van der Waals surface area (Å²) in [5.74, 6) is 0.271. The summed E-state index contributed by atoms with van der Waals surface area (Å²) in [6, 6.07) is 17.8. The molecule has 8 nitrogen and oxygen atoms in total. The lowest BCUT2D eigenvalue weighted by atomic mass is 9.97. The van der Waals surface area contributed by atoms with Gasteiger partial charge in [0.25, 0.3) is 5.91 Å². The number of ether oxygens (including phenoxy) is 2. The molecule has 0 bridgehead atoms. The van der Waals surface area contributed by atoms with E-state index in [0.717, 1.165) is 28.0 Å². The molecule has 212 valence electrons. The SMILES string of the molecule is COc1cc(C2c3c(oc4cc(C)c(C)cc4c3=O)C(=O)N2c2nc(C)c(C(C)=O)s2)ccc1OCc1ccccc1. The number of carbonyl (C=O) groups excluding carboxylic acids is 2. The van der Waals surface area contributed by atoms with Crippen LogP contribution in [-0.2, 0) is 6.61 Å². The van der Waals surface area contributed by atoms with Crippen LogP contribution in [-0.4, -0.2) is 23.8 Å². The van der Waals surface area contributed by atoms with E-state index < -0.39 is 11.9 Å². The molecule has 0 saturated heterocycles. The topological polar surface area (TPSA) is 98.9 Å². The fraction of sp³-hybridized carbons (Fsp3) is 0.212. The maximum atomic E-state index is 14.1. The average molecular weight is 581 g/mol. The Morgan fingerprint density at radius 3 is 2.43 bits per heavy atom. The van der Waals surface area contributed by atoms with Crippen molar-refractivity contribution in [3.8, 4) is 11.5 Å². The van der Waals surface area contributed by atoms with Crippen LogP contribution in [0, 0.1) is 20.8 Å². The van der Waals surface area contributed by atoms with Crippen molar-refractivity contribution in [1.29, 1.82) is 0 Å². The summed E-state index contributed by atoms with van der Waals surface area (Å²) in [6.07, 6.45) is 0. The van der Waals surface area contributed by atoms with Crippen LogP contribution >= 0.6 is 11.3 Å². The smallest absolute Gasteiger partial charge is 0.297 e. The van der Waals surface area contributed by atoms with Crippen LogP contribution in [0.5, 0.6) is 11.5 Å². The lowest BCUT2D eigenvalue weighted by molar-refractivity contribution is 0.0969. The van der Waals surface area contributed by atoms with Gasteiger partial charge in [0.15, 0.2) is 27.8 Å². The highest BCUT2D eigenvalue weighted by molar-refractivity contribution is 7.17. The van der Waals surface area contributed by atoms with Crippen LogP contribution in [0.1, 0.15) is 66.7 Å². The Labute approximate surface area is 246 Å². The minimum absolute atomic E-state index is 0.0404. The van der Waals surface area contributed by atoms with E-state index in [1.54, 1.807) is 37.3 Å². The number of aryl methyl sites for hydroxylation is 3. The highest BCUT2D eigenvalue weighted by atomic mass is 32.1. The summed E-state index contributed by atoms with van der Waals surface area (Å²) in [4.78, 5) is 46.8. The zero-order chi connectivity index (χ0) is 29.7. The first-order chi connectivity index (χ1) is 20.2. The largest absolute Gasteiger partial charge is 0.493 e. The van der Waals surface area contributed by atoms with Gasteiger partial charge in [-0.05, 0) is 67.3 Å². The Morgan fingerprint density at radius 1 is 1.00 bits per heavy atom. The molecule has 9 heteroatoms. The average Bonchev–Trinajstić information content (AvgIpc) is 3.50. The Balaban J connectivity index is 1.52. The summed E-state index contributed by atoms with van der Waals surface area (Å²) in [5.41, 5.74) is 4.28. The molecule has 3 heterocycles. The van der Waals surface area contributed by atoms with E-state index in [1.165, 1.54) is 18.9 Å². The molecule has 0 saturated carbocycles. The molecule has 5 aromatic rings. The zero-order valence-electron chi connectivity index (χ0n) is 23.8. The van der Waals surface area contributed by atoms with Crippen LogP contribution in [0.3, 0.4) is 0 Å². The van der Waals surface area contributed by atoms with Gasteiger partial charge >= 0.3 is 0 Å². The summed E-state index contributed by atoms with van der Waals surface area (Å²) in [6.45, 7) is 7.38. The highest BCUT2D eigenvalue weighted by Gasteiger charge is 2.45. The van der Waals surface area contributed by atoms with Gasteiger partial charge in [0, 0.05) is 6.92 Å². The number of benzene rings is 3. The number of carbonyl (C=O) groups is 2. The van der Waals surface area contributed by atoms with Gasteiger partial charge in [0.05, 0.1) is 34.7 Å². The second kappa shape index (κ2) is 10.6. The number of aromatic nitrogens is 1. The van der Waals surface area contributed by atoms with Crippen LogP contribution in [0.15, 0.2) is 69.9 Å². The number of anilines is 1. The standard InChI is InChI=1S/C33H28N2O6S/c1-17-13-23-25(14-18(17)2)41-30-27(29(23)37)28(35(32(30)38)33-34-19(3)31(42-33)20(4)36)22-11-12-24(26(15-22)39-5)40-16-21-9-7-6-8-10-21/h6-15,28H,16H2,1-5H3. The zero-order valence-corrected chi connectivity index (χ0v) is 24.6. The van der Waals surface area contributed by atoms with Crippen LogP contribution in [0.25, 0.3) is 11.0 Å². The van der Waals surface area contributed by atoms with Crippen molar-refractivity contribution in [2.75, 3.05) is 12.0 Å². The molecule has 1 atom stereocenters. The number of hydrogen-bond donors (Lipinski definition) is 0. The molecular formula is C33H28N2O6S. The minimum atomic E-state index is -0.864. The summed E-state index contributed by atoms with van der Waals surface area (Å²) >= 11 is 1.12. The quantitative estimate of drug-likeness (QED) is 0.197. The maximum absolute atomic E-state index is 14.1. The Morgan fingerprint density at radius 2 is 1.74 bits per heavy atom. The third-order valence-corrected chi connectivity index (χ3v) is 8.80. The molecular weight excluding hydrogens is 552 g/mol. The molecule has 0 spiro atoms. The molecule has 1 aliphatic heterocycles. The number of ketones is 1. The number of fused-ring (bicyclic) bond motifs is 2. The third kappa shape index (κ3) is 4.55. The van der Waals surface area contributed by atoms with Crippen molar-refractivity contribution >= 4 is 39.1 Å². The number of Topliss-reactive ketones (excluding diaryl/α,β-unsaturated/α-hetero) is 1. The van der Waals surface area contributed by atoms with Gasteiger partial charge in [0.1, 0.15) is 12.2 Å². The van der Waals surface area contributed by atoms with E-state index in [2.05, 4.69) is 4.98 Å². The van der Waals surface area contributed by atoms with E-state index in [-0.39, 0.29) is 22.5 Å². The van der Waals surface area contributed by atoms with E-state index in [0.29, 0.717) is 50.3 Å². The first-order valence-corrected chi connectivity index (χ1v) is 14.2. The maximum Gasteiger partial charge on any atom is 0.297 e. The van der Waals surface area contributed by atoms with Gasteiger partial charge in [-0.15, -0.1) is 0 Å². The van der Waals surface area contributed by atoms with E-state index in [9.17, 15) is 14.4 Å². The first kappa shape index (κ1) is 27.4. The second-order valence-corrected chi connectivity index (χ2v) is 11.3. The second-order valence-electron chi connectivity index (χ2n) is 10.3. The Kier molecular flexibility index (Phi) is 6.90. The number of thiazole rings is 1. The molecule has 42 heavy (non-hydrogen) atoms. The molecule has 1 amide bonds. The molecule has 0 fully saturated rings. The molecule has 6 rings (SSSR count). The summed E-state index contributed by atoms with van der Waals surface area (Å²) in [5, 5.41) is 0.698. The molecule has 0 radical (unpaired) electrons.